The number of pyridine rings is 1. The minimum atomic E-state index is -0.243. The van der Waals surface area contributed by atoms with Crippen molar-refractivity contribution in [1.29, 1.82) is 0 Å². The van der Waals surface area contributed by atoms with Crippen molar-refractivity contribution in [2.75, 3.05) is 5.32 Å². The number of hydrogen-bond donors (Lipinski definition) is 2. The lowest BCUT2D eigenvalue weighted by atomic mass is 10.1. The van der Waals surface area contributed by atoms with Gasteiger partial charge in [-0.15, -0.1) is 0 Å². The second-order valence-corrected chi connectivity index (χ2v) is 7.27. The summed E-state index contributed by atoms with van der Waals surface area (Å²) in [7, 11) is 0. The molecule has 2 N–H and O–H groups in total. The minimum absolute atomic E-state index is 0.101. The van der Waals surface area contributed by atoms with Crippen LogP contribution in [0.4, 0.5) is 5.95 Å². The molecule has 0 aliphatic heterocycles. The number of nitrogens with one attached hydrogen (secondary N) is 2. The van der Waals surface area contributed by atoms with Gasteiger partial charge in [-0.2, -0.15) is 10.1 Å². The molecule has 0 fully saturated rings. The Morgan fingerprint density at radius 2 is 1.78 bits per heavy atom. The van der Waals surface area contributed by atoms with Crippen LogP contribution < -0.4 is 15.6 Å². The van der Waals surface area contributed by atoms with E-state index in [1.807, 2.05) is 73.7 Å². The molecule has 32 heavy (non-hydrogen) atoms. The number of aromatic amines is 1. The first-order chi connectivity index (χ1) is 15.7. The largest absolute Gasteiger partial charge is 0.456 e. The number of rotatable bonds is 6. The van der Waals surface area contributed by atoms with Crippen molar-refractivity contribution >= 4 is 17.0 Å². The number of aromatic nitrogens is 5. The van der Waals surface area contributed by atoms with Crippen LogP contribution in [0.25, 0.3) is 16.7 Å². The van der Waals surface area contributed by atoms with Crippen molar-refractivity contribution in [2.45, 2.75) is 13.0 Å². The summed E-state index contributed by atoms with van der Waals surface area (Å²) in [6.45, 7) is 2.00. The van der Waals surface area contributed by atoms with Gasteiger partial charge in [-0.25, -0.2) is 4.68 Å². The van der Waals surface area contributed by atoms with Gasteiger partial charge in [0, 0.05) is 6.20 Å². The van der Waals surface area contributed by atoms with Gasteiger partial charge in [0.25, 0.3) is 5.56 Å². The van der Waals surface area contributed by atoms with Gasteiger partial charge in [0.2, 0.25) is 5.95 Å². The summed E-state index contributed by atoms with van der Waals surface area (Å²) in [5, 5.41) is 8.04. The Balaban J connectivity index is 1.37. The molecule has 3 aromatic heterocycles. The lowest BCUT2D eigenvalue weighted by molar-refractivity contribution is 0.480. The third-order valence-electron chi connectivity index (χ3n) is 5.04. The Bertz CT molecular complexity index is 1400. The molecule has 0 aliphatic rings. The zero-order valence-corrected chi connectivity index (χ0v) is 17.3. The fourth-order valence-corrected chi connectivity index (χ4v) is 3.40. The fourth-order valence-electron chi connectivity index (χ4n) is 3.40. The van der Waals surface area contributed by atoms with Crippen LogP contribution in [0, 0.1) is 0 Å². The van der Waals surface area contributed by atoms with E-state index in [1.54, 1.807) is 17.1 Å². The number of fused-ring (bicyclic) bond motifs is 1. The van der Waals surface area contributed by atoms with E-state index in [0.29, 0.717) is 28.5 Å². The molecule has 3 heterocycles. The van der Waals surface area contributed by atoms with E-state index < -0.39 is 0 Å². The molecule has 0 aliphatic carbocycles. The zero-order chi connectivity index (χ0) is 21.9. The van der Waals surface area contributed by atoms with E-state index in [0.717, 1.165) is 11.3 Å². The van der Waals surface area contributed by atoms with Crippen molar-refractivity contribution in [2.24, 2.45) is 0 Å². The van der Waals surface area contributed by atoms with Gasteiger partial charge >= 0.3 is 0 Å². The highest BCUT2D eigenvalue weighted by atomic mass is 16.5. The van der Waals surface area contributed by atoms with Gasteiger partial charge in [-0.1, -0.05) is 30.3 Å². The van der Waals surface area contributed by atoms with Crippen LogP contribution in [0.1, 0.15) is 18.5 Å². The number of anilines is 1. The van der Waals surface area contributed by atoms with Crippen LogP contribution in [0.2, 0.25) is 0 Å². The van der Waals surface area contributed by atoms with Crippen LogP contribution in [-0.2, 0) is 0 Å². The van der Waals surface area contributed by atoms with Crippen LogP contribution in [0.3, 0.4) is 0 Å². The van der Waals surface area contributed by atoms with E-state index in [9.17, 15) is 4.79 Å². The lowest BCUT2D eigenvalue weighted by Crippen LogP contribution is -2.16. The quantitative estimate of drug-likeness (QED) is 0.417. The van der Waals surface area contributed by atoms with E-state index in [4.69, 9.17) is 4.74 Å². The standard InChI is InChI=1S/C24H20N6O2/c1-16(17-9-11-19(12-10-17)32-20-8-5-13-25-14-20)27-24-28-22-21(23(31)29-24)15-26-30(22)18-6-3-2-4-7-18/h2-16H,1H3,(H2,27,28,29,31). The molecule has 1 atom stereocenters. The highest BCUT2D eigenvalue weighted by Crippen LogP contribution is 2.24. The Morgan fingerprint density at radius 3 is 2.53 bits per heavy atom. The van der Waals surface area contributed by atoms with Gasteiger partial charge in [0.15, 0.2) is 5.65 Å². The number of para-hydroxylation sites is 1. The molecular formula is C24H20N6O2. The summed E-state index contributed by atoms with van der Waals surface area (Å²) in [6.07, 6.45) is 4.89. The van der Waals surface area contributed by atoms with Gasteiger partial charge in [-0.3, -0.25) is 14.8 Å². The minimum Gasteiger partial charge on any atom is -0.456 e. The molecule has 0 spiro atoms. The van der Waals surface area contributed by atoms with Crippen LogP contribution in [-0.4, -0.2) is 24.7 Å². The van der Waals surface area contributed by atoms with E-state index in [1.165, 1.54) is 6.20 Å². The SMILES string of the molecule is CC(Nc1nc2c(cnn2-c2ccccc2)c(=O)[nH]1)c1ccc(Oc2cccnc2)cc1. The summed E-state index contributed by atoms with van der Waals surface area (Å²) < 4.78 is 7.45. The maximum absolute atomic E-state index is 12.6. The third kappa shape index (κ3) is 3.93. The number of ether oxygens (including phenoxy) is 1. The zero-order valence-electron chi connectivity index (χ0n) is 17.3. The van der Waals surface area contributed by atoms with Gasteiger partial charge in [0.1, 0.15) is 16.9 Å². The number of H-pyrrole nitrogens is 1. The molecule has 5 rings (SSSR count). The Kier molecular flexibility index (Phi) is 5.09. The summed E-state index contributed by atoms with van der Waals surface area (Å²) >= 11 is 0. The first-order valence-corrected chi connectivity index (χ1v) is 10.2. The second-order valence-electron chi connectivity index (χ2n) is 7.27. The van der Waals surface area contributed by atoms with Crippen molar-refractivity contribution in [3.05, 3.63) is 101 Å². The summed E-state index contributed by atoms with van der Waals surface area (Å²) in [5.74, 6) is 1.77. The lowest BCUT2D eigenvalue weighted by Gasteiger charge is -2.15. The first kappa shape index (κ1) is 19.5. The molecule has 5 aromatic rings. The highest BCUT2D eigenvalue weighted by Gasteiger charge is 2.13. The normalized spacial score (nSPS) is 11.9. The topological polar surface area (TPSA) is 97.7 Å². The molecule has 1 unspecified atom stereocenters. The van der Waals surface area contributed by atoms with E-state index in [-0.39, 0.29) is 11.6 Å². The van der Waals surface area contributed by atoms with Gasteiger partial charge in [-0.05, 0) is 48.9 Å². The predicted molar refractivity (Wildman–Crippen MR) is 122 cm³/mol. The van der Waals surface area contributed by atoms with Gasteiger partial charge in [0.05, 0.1) is 24.1 Å². The molecule has 158 valence electrons. The predicted octanol–water partition coefficient (Wildman–Crippen LogP) is 4.47. The average molecular weight is 424 g/mol. The van der Waals surface area contributed by atoms with Crippen LogP contribution >= 0.6 is 0 Å². The van der Waals surface area contributed by atoms with Crippen molar-refractivity contribution in [3.63, 3.8) is 0 Å². The average Bonchev–Trinajstić information content (AvgIpc) is 3.25. The van der Waals surface area contributed by atoms with E-state index >= 15 is 0 Å². The molecule has 0 saturated heterocycles. The molecule has 0 amide bonds. The first-order valence-electron chi connectivity index (χ1n) is 10.2. The molecule has 2 aromatic carbocycles. The number of hydrogen-bond acceptors (Lipinski definition) is 6. The molecule has 0 bridgehead atoms. The molecule has 8 heteroatoms. The van der Waals surface area contributed by atoms with Crippen molar-refractivity contribution in [1.82, 2.24) is 24.7 Å². The van der Waals surface area contributed by atoms with E-state index in [2.05, 4.69) is 25.4 Å². The van der Waals surface area contributed by atoms with Gasteiger partial charge < -0.3 is 10.1 Å². The summed E-state index contributed by atoms with van der Waals surface area (Å²) in [4.78, 5) is 24.0. The Morgan fingerprint density at radius 1 is 0.969 bits per heavy atom. The van der Waals surface area contributed by atoms with Crippen LogP contribution in [0.15, 0.2) is 90.1 Å². The highest BCUT2D eigenvalue weighted by molar-refractivity contribution is 5.76. The third-order valence-corrected chi connectivity index (χ3v) is 5.04. The summed E-state index contributed by atoms with van der Waals surface area (Å²) in [6, 6.07) is 20.9. The van der Waals surface area contributed by atoms with Crippen molar-refractivity contribution in [3.8, 4) is 17.2 Å². The summed E-state index contributed by atoms with van der Waals surface area (Å²) in [5.41, 5.74) is 2.11. The molecule has 8 nitrogen and oxygen atoms in total. The smallest absolute Gasteiger partial charge is 0.263 e. The number of benzene rings is 2. The molecular weight excluding hydrogens is 404 g/mol. The van der Waals surface area contributed by atoms with Crippen LogP contribution in [0.5, 0.6) is 11.5 Å². The number of nitrogens with zero attached hydrogens (tertiary/aromatic N) is 4. The van der Waals surface area contributed by atoms with Crippen molar-refractivity contribution < 1.29 is 4.74 Å². The fraction of sp³-hybridized carbons (Fsp3) is 0.0833. The monoisotopic (exact) mass is 424 g/mol. The maximum atomic E-state index is 12.6. The Labute approximate surface area is 183 Å². The maximum Gasteiger partial charge on any atom is 0.263 e. The Hall–Kier alpha value is -4.46. The second kappa shape index (κ2) is 8.35. The molecule has 0 saturated carbocycles. The molecule has 0 radical (unpaired) electrons.